The van der Waals surface area contributed by atoms with Crippen molar-refractivity contribution in [2.24, 2.45) is 0 Å². The number of hydrogen-bond donors (Lipinski definition) is 1. The van der Waals surface area contributed by atoms with Crippen molar-refractivity contribution in [3.63, 3.8) is 0 Å². The molecule has 0 fully saturated rings. The maximum absolute atomic E-state index is 11.9. The molecule has 4 nitrogen and oxygen atoms in total. The van der Waals surface area contributed by atoms with Gasteiger partial charge in [-0.1, -0.05) is 11.6 Å². The van der Waals surface area contributed by atoms with Gasteiger partial charge < -0.3 is 10.2 Å². The highest BCUT2D eigenvalue weighted by Crippen LogP contribution is 2.22. The molecular weight excluding hydrogens is 284 g/mol. The number of nitrogens with one attached hydrogen (secondary N) is 1. The largest absolute Gasteiger partial charge is 0.345 e. The molecule has 1 N–H and O–H groups in total. The number of nitrogens with zero attached hydrogens (tertiary/aromatic N) is 1. The zero-order valence-electron chi connectivity index (χ0n) is 11.4. The third kappa shape index (κ3) is 4.14. The SMILES string of the molecule is CS[C@@H](C)C(=O)Nc1ccc(Cl)c(C(=O)N(C)C)c1. The summed E-state index contributed by atoms with van der Waals surface area (Å²) in [4.78, 5) is 25.1. The van der Waals surface area contributed by atoms with Crippen LogP contribution in [0.4, 0.5) is 5.69 Å². The average molecular weight is 301 g/mol. The van der Waals surface area contributed by atoms with Crippen molar-refractivity contribution >= 4 is 40.9 Å². The molecule has 104 valence electrons. The van der Waals surface area contributed by atoms with Crippen LogP contribution < -0.4 is 5.32 Å². The molecule has 0 aliphatic carbocycles. The van der Waals surface area contributed by atoms with Crippen LogP contribution in [-0.4, -0.2) is 42.3 Å². The van der Waals surface area contributed by atoms with E-state index in [2.05, 4.69) is 5.32 Å². The molecule has 2 amide bonds. The van der Waals surface area contributed by atoms with Gasteiger partial charge in [-0.25, -0.2) is 0 Å². The Kier molecular flexibility index (Phi) is 5.69. The first-order chi connectivity index (χ1) is 8.86. The van der Waals surface area contributed by atoms with Gasteiger partial charge in [-0.2, -0.15) is 11.8 Å². The number of halogens is 1. The lowest BCUT2D eigenvalue weighted by Crippen LogP contribution is -2.24. The smallest absolute Gasteiger partial charge is 0.254 e. The van der Waals surface area contributed by atoms with Crippen LogP contribution in [0.1, 0.15) is 17.3 Å². The molecule has 1 atom stereocenters. The first-order valence-electron chi connectivity index (χ1n) is 5.71. The Morgan fingerprint density at radius 1 is 1.37 bits per heavy atom. The summed E-state index contributed by atoms with van der Waals surface area (Å²) in [6, 6.07) is 4.88. The minimum atomic E-state index is -0.195. The standard InChI is InChI=1S/C13H17ClN2O2S/c1-8(19-4)12(17)15-9-5-6-11(14)10(7-9)13(18)16(2)3/h5-8H,1-4H3,(H,15,17)/t8-/m0/s1. The lowest BCUT2D eigenvalue weighted by molar-refractivity contribution is -0.115. The summed E-state index contributed by atoms with van der Waals surface area (Å²) >= 11 is 7.45. The summed E-state index contributed by atoms with van der Waals surface area (Å²) in [5.41, 5.74) is 0.946. The minimum Gasteiger partial charge on any atom is -0.345 e. The molecule has 1 aromatic carbocycles. The van der Waals surface area contributed by atoms with Gasteiger partial charge in [0.15, 0.2) is 0 Å². The molecule has 0 unspecified atom stereocenters. The highest BCUT2D eigenvalue weighted by atomic mass is 35.5. The van der Waals surface area contributed by atoms with E-state index in [1.807, 2.05) is 13.2 Å². The molecule has 19 heavy (non-hydrogen) atoms. The van der Waals surface area contributed by atoms with Gasteiger partial charge in [0.05, 0.1) is 15.8 Å². The fourth-order valence-electron chi connectivity index (χ4n) is 1.36. The molecule has 1 aromatic rings. The van der Waals surface area contributed by atoms with Gasteiger partial charge in [-0.05, 0) is 31.4 Å². The van der Waals surface area contributed by atoms with Crippen LogP contribution in [0, 0.1) is 0 Å². The first-order valence-corrected chi connectivity index (χ1v) is 7.38. The zero-order chi connectivity index (χ0) is 14.6. The molecule has 0 spiro atoms. The van der Waals surface area contributed by atoms with Gasteiger partial charge in [-0.15, -0.1) is 0 Å². The molecule has 0 aliphatic rings. The van der Waals surface area contributed by atoms with Gasteiger partial charge >= 0.3 is 0 Å². The highest BCUT2D eigenvalue weighted by molar-refractivity contribution is 7.99. The van der Waals surface area contributed by atoms with Crippen molar-refractivity contribution in [3.8, 4) is 0 Å². The Morgan fingerprint density at radius 2 is 2.00 bits per heavy atom. The van der Waals surface area contributed by atoms with Crippen molar-refractivity contribution in [2.75, 3.05) is 25.7 Å². The Labute approximate surface area is 122 Å². The number of thioether (sulfide) groups is 1. The second-order valence-corrected chi connectivity index (χ2v) is 5.85. The van der Waals surface area contributed by atoms with Crippen molar-refractivity contribution in [1.82, 2.24) is 4.90 Å². The zero-order valence-corrected chi connectivity index (χ0v) is 12.9. The Bertz CT molecular complexity index is 492. The van der Waals surface area contributed by atoms with E-state index in [0.717, 1.165) is 0 Å². The van der Waals surface area contributed by atoms with Crippen LogP contribution in [0.15, 0.2) is 18.2 Å². The molecule has 0 saturated carbocycles. The normalized spacial score (nSPS) is 11.8. The molecule has 0 saturated heterocycles. The molecule has 6 heteroatoms. The van der Waals surface area contributed by atoms with Gasteiger partial charge in [0.1, 0.15) is 0 Å². The summed E-state index contributed by atoms with van der Waals surface area (Å²) in [5, 5.41) is 2.99. The molecule has 0 heterocycles. The second-order valence-electron chi connectivity index (χ2n) is 4.26. The van der Waals surface area contributed by atoms with Crippen molar-refractivity contribution in [2.45, 2.75) is 12.2 Å². The van der Waals surface area contributed by atoms with Crippen LogP contribution in [0.3, 0.4) is 0 Å². The third-order valence-electron chi connectivity index (χ3n) is 2.59. The summed E-state index contributed by atoms with van der Waals surface area (Å²) in [7, 11) is 3.30. The predicted molar refractivity (Wildman–Crippen MR) is 81.1 cm³/mol. The quantitative estimate of drug-likeness (QED) is 0.930. The Balaban J connectivity index is 2.97. The van der Waals surface area contributed by atoms with Gasteiger partial charge in [0.25, 0.3) is 5.91 Å². The Morgan fingerprint density at radius 3 is 2.53 bits per heavy atom. The summed E-state index contributed by atoms with van der Waals surface area (Å²) in [5.74, 6) is -0.294. The number of benzene rings is 1. The maximum Gasteiger partial charge on any atom is 0.254 e. The van der Waals surface area contributed by atoms with Crippen LogP contribution >= 0.6 is 23.4 Å². The Hall–Kier alpha value is -1.20. The topological polar surface area (TPSA) is 49.4 Å². The fourth-order valence-corrected chi connectivity index (χ4v) is 1.83. The third-order valence-corrected chi connectivity index (χ3v) is 3.84. The number of amides is 2. The van der Waals surface area contributed by atoms with E-state index in [1.165, 1.54) is 16.7 Å². The van der Waals surface area contributed by atoms with E-state index in [0.29, 0.717) is 16.3 Å². The van der Waals surface area contributed by atoms with E-state index in [-0.39, 0.29) is 17.1 Å². The van der Waals surface area contributed by atoms with Crippen LogP contribution in [0.2, 0.25) is 5.02 Å². The van der Waals surface area contributed by atoms with E-state index in [1.54, 1.807) is 32.3 Å². The first kappa shape index (κ1) is 15.9. The van der Waals surface area contributed by atoms with E-state index >= 15 is 0 Å². The van der Waals surface area contributed by atoms with Crippen LogP contribution in [0.5, 0.6) is 0 Å². The number of hydrogen-bond acceptors (Lipinski definition) is 3. The van der Waals surface area contributed by atoms with Gasteiger partial charge in [0, 0.05) is 19.8 Å². The fraction of sp³-hybridized carbons (Fsp3) is 0.385. The lowest BCUT2D eigenvalue weighted by Gasteiger charge is -2.14. The molecular formula is C13H17ClN2O2S. The number of carbonyl (C=O) groups excluding carboxylic acids is 2. The molecule has 1 rings (SSSR count). The van der Waals surface area contributed by atoms with E-state index in [9.17, 15) is 9.59 Å². The minimum absolute atomic E-state index is 0.0990. The van der Waals surface area contributed by atoms with Crippen molar-refractivity contribution in [3.05, 3.63) is 28.8 Å². The highest BCUT2D eigenvalue weighted by Gasteiger charge is 2.15. The average Bonchev–Trinajstić information content (AvgIpc) is 2.38. The van der Waals surface area contributed by atoms with Crippen molar-refractivity contribution in [1.29, 1.82) is 0 Å². The molecule has 0 bridgehead atoms. The summed E-state index contributed by atoms with van der Waals surface area (Å²) in [6.07, 6.45) is 1.87. The second kappa shape index (κ2) is 6.82. The molecule has 0 radical (unpaired) electrons. The predicted octanol–water partition coefficient (Wildman–Crippen LogP) is 2.73. The summed E-state index contributed by atoms with van der Waals surface area (Å²) < 4.78 is 0. The van der Waals surface area contributed by atoms with Gasteiger partial charge in [-0.3, -0.25) is 9.59 Å². The van der Waals surface area contributed by atoms with Crippen LogP contribution in [-0.2, 0) is 4.79 Å². The van der Waals surface area contributed by atoms with E-state index in [4.69, 9.17) is 11.6 Å². The number of rotatable bonds is 4. The molecule has 0 aliphatic heterocycles. The van der Waals surface area contributed by atoms with Crippen molar-refractivity contribution < 1.29 is 9.59 Å². The molecule has 0 aromatic heterocycles. The van der Waals surface area contributed by atoms with Crippen LogP contribution in [0.25, 0.3) is 0 Å². The lowest BCUT2D eigenvalue weighted by atomic mass is 10.1. The maximum atomic E-state index is 11.9. The number of anilines is 1. The van der Waals surface area contributed by atoms with Gasteiger partial charge in [0.2, 0.25) is 5.91 Å². The number of carbonyl (C=O) groups is 2. The summed E-state index contributed by atoms with van der Waals surface area (Å²) in [6.45, 7) is 1.82. The monoisotopic (exact) mass is 300 g/mol. The van der Waals surface area contributed by atoms with E-state index < -0.39 is 0 Å².